The molecule has 0 aliphatic rings. The minimum absolute atomic E-state index is 0.0809. The third-order valence-corrected chi connectivity index (χ3v) is 5.56. The Kier molecular flexibility index (Phi) is 3.95. The van der Waals surface area contributed by atoms with Gasteiger partial charge in [0, 0.05) is 17.2 Å². The SMILES string of the molecule is Cc1ccc(C=c2sc3nc(-c4ccccc4)c(-c4ccccc4)n3c2=O)o1. The van der Waals surface area contributed by atoms with Crippen LogP contribution in [-0.2, 0) is 0 Å². The van der Waals surface area contributed by atoms with Crippen molar-refractivity contribution < 1.29 is 4.42 Å². The first-order chi connectivity index (χ1) is 13.7. The molecule has 0 aliphatic carbocycles. The van der Waals surface area contributed by atoms with E-state index in [-0.39, 0.29) is 5.56 Å². The van der Waals surface area contributed by atoms with Gasteiger partial charge in [0.2, 0.25) is 0 Å². The highest BCUT2D eigenvalue weighted by Crippen LogP contribution is 2.32. The summed E-state index contributed by atoms with van der Waals surface area (Å²) in [6.45, 7) is 1.89. The molecule has 0 atom stereocenters. The van der Waals surface area contributed by atoms with Crippen molar-refractivity contribution in [2.75, 3.05) is 0 Å². The van der Waals surface area contributed by atoms with Crippen LogP contribution in [0.1, 0.15) is 11.5 Å². The molecule has 136 valence electrons. The third kappa shape index (κ3) is 2.77. The number of benzene rings is 2. The van der Waals surface area contributed by atoms with Gasteiger partial charge in [0.25, 0.3) is 5.56 Å². The molecule has 0 fully saturated rings. The summed E-state index contributed by atoms with van der Waals surface area (Å²) >= 11 is 1.38. The molecule has 0 amide bonds. The largest absolute Gasteiger partial charge is 0.462 e. The fraction of sp³-hybridized carbons (Fsp3) is 0.0435. The molecule has 0 spiro atoms. The lowest BCUT2D eigenvalue weighted by molar-refractivity contribution is 0.525. The van der Waals surface area contributed by atoms with E-state index in [2.05, 4.69) is 0 Å². The van der Waals surface area contributed by atoms with Crippen LogP contribution in [0.3, 0.4) is 0 Å². The van der Waals surface area contributed by atoms with Crippen LogP contribution in [0.2, 0.25) is 0 Å². The molecule has 0 saturated heterocycles. The maximum atomic E-state index is 13.2. The van der Waals surface area contributed by atoms with Gasteiger partial charge in [-0.25, -0.2) is 9.38 Å². The Morgan fingerprint density at radius 3 is 2.25 bits per heavy atom. The number of rotatable bonds is 3. The highest BCUT2D eigenvalue weighted by atomic mass is 32.1. The number of aryl methyl sites for hydroxylation is 1. The molecule has 3 aromatic heterocycles. The van der Waals surface area contributed by atoms with Crippen molar-refractivity contribution in [3.8, 4) is 22.5 Å². The second kappa shape index (κ2) is 6.62. The average Bonchev–Trinajstić information content (AvgIpc) is 3.39. The highest BCUT2D eigenvalue weighted by molar-refractivity contribution is 7.15. The number of thiazole rings is 1. The molecule has 0 unspecified atom stereocenters. The molecule has 0 N–H and O–H groups in total. The summed E-state index contributed by atoms with van der Waals surface area (Å²) in [5, 5.41) is 0. The molecule has 0 saturated carbocycles. The van der Waals surface area contributed by atoms with Crippen molar-refractivity contribution in [1.29, 1.82) is 0 Å². The molecule has 5 aromatic rings. The average molecular weight is 384 g/mol. The number of furan rings is 1. The van der Waals surface area contributed by atoms with Crippen molar-refractivity contribution in [1.82, 2.24) is 9.38 Å². The first-order valence-electron chi connectivity index (χ1n) is 8.95. The molecule has 0 aliphatic heterocycles. The van der Waals surface area contributed by atoms with Gasteiger partial charge in [-0.15, -0.1) is 0 Å². The van der Waals surface area contributed by atoms with Gasteiger partial charge in [-0.2, -0.15) is 0 Å². The lowest BCUT2D eigenvalue weighted by Crippen LogP contribution is -2.23. The Bertz CT molecular complexity index is 1380. The maximum absolute atomic E-state index is 13.2. The number of fused-ring (bicyclic) bond motifs is 1. The van der Waals surface area contributed by atoms with Crippen LogP contribution in [0.15, 0.2) is 82.0 Å². The lowest BCUT2D eigenvalue weighted by Gasteiger charge is -2.04. The fourth-order valence-electron chi connectivity index (χ4n) is 3.32. The summed E-state index contributed by atoms with van der Waals surface area (Å²) in [4.78, 5) is 18.7. The van der Waals surface area contributed by atoms with Gasteiger partial charge in [-0.3, -0.25) is 4.79 Å². The highest BCUT2D eigenvalue weighted by Gasteiger charge is 2.19. The van der Waals surface area contributed by atoms with E-state index < -0.39 is 0 Å². The van der Waals surface area contributed by atoms with Crippen LogP contribution in [-0.4, -0.2) is 9.38 Å². The molecule has 5 heteroatoms. The number of hydrogen-bond acceptors (Lipinski definition) is 4. The number of aromatic nitrogens is 2. The van der Waals surface area contributed by atoms with E-state index in [1.165, 1.54) is 11.3 Å². The molecule has 2 aromatic carbocycles. The normalized spacial score (nSPS) is 12.1. The first-order valence-corrected chi connectivity index (χ1v) is 9.76. The van der Waals surface area contributed by atoms with E-state index in [0.717, 1.165) is 28.3 Å². The molecule has 4 nitrogen and oxygen atoms in total. The Balaban J connectivity index is 1.82. The standard InChI is InChI=1S/C23H16N2O2S/c1-15-12-13-18(27-15)14-19-22(26)25-21(17-10-6-3-7-11-17)20(24-23(25)28-19)16-8-4-2-5-9-16/h2-14H,1H3. The monoisotopic (exact) mass is 384 g/mol. The van der Waals surface area contributed by atoms with Gasteiger partial charge in [-0.1, -0.05) is 72.0 Å². The van der Waals surface area contributed by atoms with Crippen LogP contribution in [0.4, 0.5) is 0 Å². The molecule has 5 rings (SSSR count). The smallest absolute Gasteiger partial charge is 0.275 e. The van der Waals surface area contributed by atoms with E-state index in [1.807, 2.05) is 79.7 Å². The lowest BCUT2D eigenvalue weighted by atomic mass is 10.1. The van der Waals surface area contributed by atoms with Gasteiger partial charge < -0.3 is 4.42 Å². The Morgan fingerprint density at radius 1 is 0.929 bits per heavy atom. The minimum atomic E-state index is -0.0809. The first kappa shape index (κ1) is 16.7. The van der Waals surface area contributed by atoms with Crippen LogP contribution in [0.25, 0.3) is 33.6 Å². The van der Waals surface area contributed by atoms with E-state index in [1.54, 1.807) is 10.5 Å². The molecular formula is C23H16N2O2S. The summed E-state index contributed by atoms with van der Waals surface area (Å²) in [6.07, 6.45) is 1.78. The zero-order valence-corrected chi connectivity index (χ0v) is 15.9. The molecule has 3 heterocycles. The predicted molar refractivity (Wildman–Crippen MR) is 112 cm³/mol. The van der Waals surface area contributed by atoms with Gasteiger partial charge in [0.15, 0.2) is 4.96 Å². The molecule has 0 bridgehead atoms. The summed E-state index contributed by atoms with van der Waals surface area (Å²) in [5.41, 5.74) is 3.50. The third-order valence-electron chi connectivity index (χ3n) is 4.59. The second-order valence-electron chi connectivity index (χ2n) is 6.52. The van der Waals surface area contributed by atoms with Crippen molar-refractivity contribution in [2.24, 2.45) is 0 Å². The van der Waals surface area contributed by atoms with Crippen LogP contribution in [0, 0.1) is 6.92 Å². The predicted octanol–water partition coefficient (Wildman–Crippen LogP) is 4.54. The van der Waals surface area contributed by atoms with Crippen molar-refractivity contribution >= 4 is 22.4 Å². The van der Waals surface area contributed by atoms with Crippen LogP contribution in [0.5, 0.6) is 0 Å². The minimum Gasteiger partial charge on any atom is -0.462 e. The number of hydrogen-bond donors (Lipinski definition) is 0. The van der Waals surface area contributed by atoms with E-state index in [9.17, 15) is 4.79 Å². The van der Waals surface area contributed by atoms with Gasteiger partial charge in [0.1, 0.15) is 16.1 Å². The Morgan fingerprint density at radius 2 is 1.61 bits per heavy atom. The summed E-state index contributed by atoms with van der Waals surface area (Å²) in [5.74, 6) is 1.49. The number of nitrogens with zero attached hydrogens (tertiary/aromatic N) is 2. The maximum Gasteiger partial charge on any atom is 0.275 e. The second-order valence-corrected chi connectivity index (χ2v) is 7.53. The number of imidazole rings is 1. The van der Waals surface area contributed by atoms with Crippen molar-refractivity contribution in [2.45, 2.75) is 6.92 Å². The van der Waals surface area contributed by atoms with Gasteiger partial charge in [-0.05, 0) is 19.1 Å². The van der Waals surface area contributed by atoms with Crippen LogP contribution >= 0.6 is 11.3 Å². The Hall–Kier alpha value is -3.44. The summed E-state index contributed by atoms with van der Waals surface area (Å²) in [6, 6.07) is 23.6. The van der Waals surface area contributed by atoms with E-state index in [0.29, 0.717) is 15.3 Å². The van der Waals surface area contributed by atoms with Crippen molar-refractivity contribution in [3.63, 3.8) is 0 Å². The zero-order valence-electron chi connectivity index (χ0n) is 15.1. The van der Waals surface area contributed by atoms with E-state index in [4.69, 9.17) is 9.40 Å². The van der Waals surface area contributed by atoms with Crippen molar-refractivity contribution in [3.05, 3.63) is 99.2 Å². The topological polar surface area (TPSA) is 47.5 Å². The summed E-state index contributed by atoms with van der Waals surface area (Å²) in [7, 11) is 0. The summed E-state index contributed by atoms with van der Waals surface area (Å²) < 4.78 is 7.92. The quantitative estimate of drug-likeness (QED) is 0.459. The molecule has 0 radical (unpaired) electrons. The molecule has 28 heavy (non-hydrogen) atoms. The van der Waals surface area contributed by atoms with Gasteiger partial charge in [0.05, 0.1) is 11.4 Å². The Labute approximate surface area is 165 Å². The van der Waals surface area contributed by atoms with Crippen LogP contribution < -0.4 is 10.1 Å². The fourth-order valence-corrected chi connectivity index (χ4v) is 4.27. The zero-order chi connectivity index (χ0) is 19.1. The van der Waals surface area contributed by atoms with E-state index >= 15 is 0 Å². The molecular weight excluding hydrogens is 368 g/mol. The van der Waals surface area contributed by atoms with Gasteiger partial charge >= 0.3 is 0 Å².